The Bertz CT molecular complexity index is 1100. The van der Waals surface area contributed by atoms with E-state index in [0.29, 0.717) is 29.6 Å². The molecule has 5 rings (SSSR count). The monoisotopic (exact) mass is 421 g/mol. The molecule has 1 aliphatic carbocycles. The smallest absolute Gasteiger partial charge is 0.274 e. The number of carbonyl (C=O) groups is 2. The van der Waals surface area contributed by atoms with Crippen LogP contribution in [0, 0.1) is 25.7 Å². The van der Waals surface area contributed by atoms with E-state index in [1.54, 1.807) is 17.4 Å². The Morgan fingerprint density at radius 2 is 2.17 bits per heavy atom. The maximum Gasteiger partial charge on any atom is 0.274 e. The Hall–Kier alpha value is -2.93. The number of rotatable bonds is 5. The van der Waals surface area contributed by atoms with Gasteiger partial charge in [0.1, 0.15) is 12.0 Å². The van der Waals surface area contributed by atoms with Gasteiger partial charge in [0, 0.05) is 13.1 Å². The number of nitrogens with one attached hydrogen (secondary N) is 1. The van der Waals surface area contributed by atoms with Crippen molar-refractivity contribution in [2.24, 2.45) is 11.8 Å². The van der Waals surface area contributed by atoms with Crippen molar-refractivity contribution in [2.75, 3.05) is 13.1 Å². The fraction of sp³-hybridized carbons (Fsp3) is 0.348. The van der Waals surface area contributed by atoms with Crippen LogP contribution in [0.25, 0.3) is 10.4 Å². The third-order valence-electron chi connectivity index (χ3n) is 6.04. The summed E-state index contributed by atoms with van der Waals surface area (Å²) in [4.78, 5) is 33.3. The predicted octanol–water partition coefficient (Wildman–Crippen LogP) is 3.91. The van der Waals surface area contributed by atoms with Crippen LogP contribution in [0.2, 0.25) is 0 Å². The van der Waals surface area contributed by atoms with Gasteiger partial charge < -0.3 is 14.6 Å². The van der Waals surface area contributed by atoms with Gasteiger partial charge in [0.05, 0.1) is 27.8 Å². The molecule has 0 unspecified atom stereocenters. The van der Waals surface area contributed by atoms with Gasteiger partial charge in [-0.2, -0.15) is 0 Å². The largest absolute Gasteiger partial charge is 0.472 e. The number of nitrogens with zero attached hydrogens (tertiary/aromatic N) is 2. The van der Waals surface area contributed by atoms with Crippen molar-refractivity contribution in [1.29, 1.82) is 0 Å². The lowest BCUT2D eigenvalue weighted by Crippen LogP contribution is -2.45. The topological polar surface area (TPSA) is 75.4 Å². The molecule has 3 aromatic rings. The molecule has 0 radical (unpaired) electrons. The maximum absolute atomic E-state index is 13.5. The summed E-state index contributed by atoms with van der Waals surface area (Å²) in [5, 5.41) is 3.85. The van der Waals surface area contributed by atoms with Gasteiger partial charge in [-0.05, 0) is 43.7 Å². The number of fused-ring (bicyclic) bond motifs is 1. The first-order chi connectivity index (χ1) is 14.5. The van der Waals surface area contributed by atoms with E-state index < -0.39 is 0 Å². The highest BCUT2D eigenvalue weighted by Gasteiger charge is 2.54. The van der Waals surface area contributed by atoms with Crippen LogP contribution in [0.3, 0.4) is 0 Å². The van der Waals surface area contributed by atoms with Gasteiger partial charge in [-0.15, -0.1) is 11.3 Å². The summed E-state index contributed by atoms with van der Waals surface area (Å²) in [6.07, 6.45) is 4.03. The van der Waals surface area contributed by atoms with E-state index in [4.69, 9.17) is 4.42 Å². The molecule has 1 saturated heterocycles. The summed E-state index contributed by atoms with van der Waals surface area (Å²) in [7, 11) is 0. The van der Waals surface area contributed by atoms with Crippen molar-refractivity contribution in [3.8, 4) is 10.4 Å². The number of benzene rings is 1. The first-order valence-corrected chi connectivity index (χ1v) is 11.0. The molecule has 0 bridgehead atoms. The second-order valence-electron chi connectivity index (χ2n) is 8.19. The van der Waals surface area contributed by atoms with Crippen LogP contribution in [0.1, 0.15) is 37.8 Å². The Morgan fingerprint density at radius 1 is 1.30 bits per heavy atom. The lowest BCUT2D eigenvalue weighted by Gasteiger charge is -2.27. The van der Waals surface area contributed by atoms with Gasteiger partial charge in [0.25, 0.3) is 11.8 Å². The molecule has 30 heavy (non-hydrogen) atoms. The van der Waals surface area contributed by atoms with Crippen molar-refractivity contribution in [3.05, 3.63) is 64.7 Å². The van der Waals surface area contributed by atoms with Crippen molar-refractivity contribution in [2.45, 2.75) is 26.3 Å². The van der Waals surface area contributed by atoms with Crippen LogP contribution in [-0.2, 0) is 0 Å². The molecule has 1 aliphatic heterocycles. The van der Waals surface area contributed by atoms with Crippen LogP contribution in [-0.4, -0.2) is 40.8 Å². The third kappa shape index (κ3) is 3.43. The number of amides is 2. The summed E-state index contributed by atoms with van der Waals surface area (Å²) >= 11 is 1.55. The molecule has 2 amide bonds. The summed E-state index contributed by atoms with van der Waals surface area (Å²) in [5.41, 5.74) is 3.20. The minimum atomic E-state index is -0.176. The zero-order chi connectivity index (χ0) is 20.8. The highest BCUT2D eigenvalue weighted by atomic mass is 32.1. The van der Waals surface area contributed by atoms with Gasteiger partial charge in [0.2, 0.25) is 0 Å². The van der Waals surface area contributed by atoms with Crippen LogP contribution >= 0.6 is 11.3 Å². The molecule has 1 aromatic carbocycles. The summed E-state index contributed by atoms with van der Waals surface area (Å²) in [6.45, 7) is 5.16. The molecule has 0 spiro atoms. The van der Waals surface area contributed by atoms with E-state index in [1.807, 2.05) is 36.9 Å². The zero-order valence-electron chi connectivity index (χ0n) is 16.9. The second kappa shape index (κ2) is 7.40. The molecule has 1 saturated carbocycles. The third-order valence-corrected chi connectivity index (χ3v) is 7.06. The molecule has 6 nitrogen and oxygen atoms in total. The van der Waals surface area contributed by atoms with Crippen LogP contribution in [0.5, 0.6) is 0 Å². The van der Waals surface area contributed by atoms with E-state index >= 15 is 0 Å². The van der Waals surface area contributed by atoms with E-state index in [-0.39, 0.29) is 17.9 Å². The number of likely N-dealkylation sites (tertiary alicyclic amines) is 1. The number of thiazole rings is 1. The Morgan fingerprint density at radius 3 is 2.93 bits per heavy atom. The van der Waals surface area contributed by atoms with Crippen LogP contribution < -0.4 is 5.32 Å². The van der Waals surface area contributed by atoms with Crippen molar-refractivity contribution in [3.63, 3.8) is 0 Å². The fourth-order valence-electron chi connectivity index (χ4n) is 4.45. The Labute approximate surface area is 178 Å². The predicted molar refractivity (Wildman–Crippen MR) is 114 cm³/mol. The molecule has 2 fully saturated rings. The molecular weight excluding hydrogens is 398 g/mol. The normalized spacial score (nSPS) is 22.1. The first-order valence-electron chi connectivity index (χ1n) is 10.2. The lowest BCUT2D eigenvalue weighted by molar-refractivity contribution is 0.0690. The minimum Gasteiger partial charge on any atom is -0.472 e. The van der Waals surface area contributed by atoms with Gasteiger partial charge in [-0.3, -0.25) is 9.59 Å². The van der Waals surface area contributed by atoms with Crippen LogP contribution in [0.15, 0.2) is 47.3 Å². The molecule has 2 aliphatic rings. The quantitative estimate of drug-likeness (QED) is 0.678. The standard InChI is InChI=1S/C23H23N3O3S/c1-13-4-3-5-15(8-13)21-20(25-14(2)30-21)23(28)26-11-17-9-18(17)19(26)10-24-22(27)16-6-7-29-12-16/h3-8,12,17-19H,9-11H2,1-2H3,(H,24,27)/t17-,18-,19-/m1/s1. The molecule has 3 atom stereocenters. The summed E-state index contributed by atoms with van der Waals surface area (Å²) < 4.78 is 4.99. The molecule has 1 N–H and O–H groups in total. The first kappa shape index (κ1) is 19.1. The van der Waals surface area contributed by atoms with Gasteiger partial charge in [0.15, 0.2) is 0 Å². The lowest BCUT2D eigenvalue weighted by atomic mass is 10.1. The second-order valence-corrected chi connectivity index (χ2v) is 9.39. The molecular formula is C23H23N3O3S. The number of piperidine rings is 1. The number of aromatic nitrogens is 1. The zero-order valence-corrected chi connectivity index (χ0v) is 17.7. The molecule has 3 heterocycles. The maximum atomic E-state index is 13.5. The summed E-state index contributed by atoms with van der Waals surface area (Å²) in [5.74, 6) is 0.781. The molecule has 7 heteroatoms. The van der Waals surface area contributed by atoms with Crippen molar-refractivity contribution in [1.82, 2.24) is 15.2 Å². The van der Waals surface area contributed by atoms with E-state index in [9.17, 15) is 9.59 Å². The highest BCUT2D eigenvalue weighted by Crippen LogP contribution is 2.50. The van der Waals surface area contributed by atoms with Gasteiger partial charge in [-0.25, -0.2) is 4.98 Å². The number of furan rings is 1. The molecule has 2 aromatic heterocycles. The van der Waals surface area contributed by atoms with Crippen molar-refractivity contribution >= 4 is 23.2 Å². The Balaban J connectivity index is 1.37. The summed E-state index contributed by atoms with van der Waals surface area (Å²) in [6, 6.07) is 9.82. The van der Waals surface area contributed by atoms with E-state index in [1.165, 1.54) is 12.5 Å². The number of carbonyl (C=O) groups excluding carboxylic acids is 2. The highest BCUT2D eigenvalue weighted by molar-refractivity contribution is 7.15. The van der Waals surface area contributed by atoms with Gasteiger partial charge >= 0.3 is 0 Å². The van der Waals surface area contributed by atoms with Gasteiger partial charge in [-0.1, -0.05) is 29.8 Å². The van der Waals surface area contributed by atoms with E-state index in [0.717, 1.165) is 34.0 Å². The average molecular weight is 422 g/mol. The van der Waals surface area contributed by atoms with Crippen molar-refractivity contribution < 1.29 is 14.0 Å². The Kier molecular flexibility index (Phi) is 4.70. The average Bonchev–Trinajstić information content (AvgIpc) is 3.11. The minimum absolute atomic E-state index is 0.00529. The number of hydrogen-bond donors (Lipinski definition) is 1. The van der Waals surface area contributed by atoms with Crippen LogP contribution in [0.4, 0.5) is 0 Å². The molecule has 154 valence electrons. The fourth-order valence-corrected chi connectivity index (χ4v) is 5.36. The van der Waals surface area contributed by atoms with E-state index in [2.05, 4.69) is 16.4 Å². The number of aryl methyl sites for hydroxylation is 2. The number of hydrogen-bond acceptors (Lipinski definition) is 5. The SMILES string of the molecule is Cc1cccc(-c2sc(C)nc2C(=O)N2C[C@H]3C[C@H]3[C@H]2CNC(=O)c2ccoc2)c1.